The Morgan fingerprint density at radius 1 is 1.38 bits per heavy atom. The van der Waals surface area contributed by atoms with E-state index >= 15 is 0 Å². The SMILES string of the molecule is B=Cc1nc(OC2CCCCC2)ncc1F. The maximum atomic E-state index is 13.1. The van der Waals surface area contributed by atoms with Crippen molar-refractivity contribution in [1.29, 1.82) is 0 Å². The van der Waals surface area contributed by atoms with Gasteiger partial charge in [-0.25, -0.2) is 0 Å². The second-order valence-corrected chi connectivity index (χ2v) is 3.97. The molecule has 0 bridgehead atoms. The van der Waals surface area contributed by atoms with E-state index in [-0.39, 0.29) is 17.8 Å². The van der Waals surface area contributed by atoms with E-state index in [4.69, 9.17) is 4.74 Å². The molecule has 0 spiro atoms. The van der Waals surface area contributed by atoms with Crippen LogP contribution in [0.1, 0.15) is 37.8 Å². The van der Waals surface area contributed by atoms with Crippen LogP contribution in [0.2, 0.25) is 0 Å². The minimum absolute atomic E-state index is 0.178. The minimum atomic E-state index is -0.467. The van der Waals surface area contributed by atoms with Crippen molar-refractivity contribution in [3.63, 3.8) is 0 Å². The molecular formula is C11H14BFN2O. The maximum absolute atomic E-state index is 13.1. The Morgan fingerprint density at radius 3 is 2.81 bits per heavy atom. The summed E-state index contributed by atoms with van der Waals surface area (Å²) in [5.41, 5.74) is 0.195. The number of nitrogens with zero attached hydrogens (tertiary/aromatic N) is 2. The summed E-state index contributed by atoms with van der Waals surface area (Å²) in [7, 11) is 3.49. The number of halogens is 1. The summed E-state index contributed by atoms with van der Waals surface area (Å²) < 4.78 is 18.7. The fraction of sp³-hybridized carbons (Fsp3) is 0.545. The van der Waals surface area contributed by atoms with Crippen molar-refractivity contribution in [2.75, 3.05) is 0 Å². The second-order valence-electron chi connectivity index (χ2n) is 3.97. The first-order chi connectivity index (χ1) is 7.79. The van der Waals surface area contributed by atoms with E-state index < -0.39 is 5.82 Å². The van der Waals surface area contributed by atoms with Crippen molar-refractivity contribution in [3.8, 4) is 6.01 Å². The molecule has 0 atom stereocenters. The second kappa shape index (κ2) is 5.19. The van der Waals surface area contributed by atoms with Gasteiger partial charge in [-0.05, 0) is 0 Å². The van der Waals surface area contributed by atoms with Gasteiger partial charge in [-0.1, -0.05) is 0 Å². The van der Waals surface area contributed by atoms with Crippen molar-refractivity contribution >= 4 is 13.5 Å². The molecule has 16 heavy (non-hydrogen) atoms. The Balaban J connectivity index is 2.05. The van der Waals surface area contributed by atoms with Gasteiger partial charge < -0.3 is 0 Å². The molecule has 0 unspecified atom stereocenters. The molecule has 1 aromatic rings. The van der Waals surface area contributed by atoms with Crippen LogP contribution in [0.25, 0.3) is 0 Å². The molecule has 1 aromatic heterocycles. The summed E-state index contributed by atoms with van der Waals surface area (Å²) in [4.78, 5) is 7.78. The van der Waals surface area contributed by atoms with Gasteiger partial charge in [-0.3, -0.25) is 0 Å². The first-order valence-electron chi connectivity index (χ1n) is 5.61. The molecule has 1 aliphatic rings. The Kier molecular flexibility index (Phi) is 3.64. The molecule has 84 valence electrons. The van der Waals surface area contributed by atoms with Crippen molar-refractivity contribution in [3.05, 3.63) is 17.7 Å². The van der Waals surface area contributed by atoms with Gasteiger partial charge in [0.25, 0.3) is 0 Å². The molecule has 0 amide bonds. The van der Waals surface area contributed by atoms with Gasteiger partial charge in [-0.15, -0.1) is 0 Å². The van der Waals surface area contributed by atoms with E-state index in [1.165, 1.54) is 25.2 Å². The topological polar surface area (TPSA) is 35.0 Å². The van der Waals surface area contributed by atoms with Gasteiger partial charge in [0.05, 0.1) is 0 Å². The summed E-state index contributed by atoms with van der Waals surface area (Å²) in [6.45, 7) is 0. The third-order valence-corrected chi connectivity index (χ3v) is 2.77. The van der Waals surface area contributed by atoms with Crippen LogP contribution >= 0.6 is 0 Å². The molecule has 0 radical (unpaired) electrons. The zero-order valence-electron chi connectivity index (χ0n) is 9.16. The molecule has 2 rings (SSSR count). The molecule has 0 saturated heterocycles. The molecule has 3 nitrogen and oxygen atoms in total. The molecule has 0 aliphatic heterocycles. The predicted molar refractivity (Wildman–Crippen MR) is 61.8 cm³/mol. The average molecular weight is 220 g/mol. The van der Waals surface area contributed by atoms with Gasteiger partial charge in [0, 0.05) is 0 Å². The van der Waals surface area contributed by atoms with Crippen LogP contribution in [0, 0.1) is 5.82 Å². The van der Waals surface area contributed by atoms with Crippen LogP contribution in [-0.2, 0) is 0 Å². The van der Waals surface area contributed by atoms with Crippen molar-refractivity contribution in [2.45, 2.75) is 38.2 Å². The van der Waals surface area contributed by atoms with Crippen LogP contribution in [0.15, 0.2) is 6.20 Å². The van der Waals surface area contributed by atoms with Gasteiger partial charge in [0.2, 0.25) is 0 Å². The van der Waals surface area contributed by atoms with Crippen LogP contribution < -0.4 is 4.74 Å². The Labute approximate surface area is 95.1 Å². The fourth-order valence-electron chi connectivity index (χ4n) is 1.90. The molecule has 1 saturated carbocycles. The first kappa shape index (κ1) is 11.2. The van der Waals surface area contributed by atoms with E-state index in [1.54, 1.807) is 0 Å². The van der Waals surface area contributed by atoms with E-state index in [0.29, 0.717) is 0 Å². The zero-order valence-corrected chi connectivity index (χ0v) is 9.16. The van der Waals surface area contributed by atoms with E-state index in [9.17, 15) is 4.39 Å². The zero-order chi connectivity index (χ0) is 11.4. The molecule has 1 heterocycles. The normalized spacial score (nSPS) is 17.0. The molecule has 0 N–H and O–H groups in total. The van der Waals surface area contributed by atoms with Gasteiger partial charge in [-0.2, -0.15) is 0 Å². The van der Waals surface area contributed by atoms with Crippen molar-refractivity contribution in [2.24, 2.45) is 0 Å². The standard InChI is InChI=1S/C11H14BFN2O/c12-6-10-9(13)7-14-11(15-10)16-8-4-2-1-3-5-8/h6-8,12H,1-5H2. The summed E-state index contributed by atoms with van der Waals surface area (Å²) in [5, 5.41) is 0. The Bertz CT molecular complexity index is 380. The van der Waals surface area contributed by atoms with E-state index in [2.05, 4.69) is 17.5 Å². The van der Waals surface area contributed by atoms with Gasteiger partial charge in [0.15, 0.2) is 0 Å². The average Bonchev–Trinajstić information content (AvgIpc) is 2.33. The van der Waals surface area contributed by atoms with Crippen LogP contribution in [-0.4, -0.2) is 29.5 Å². The van der Waals surface area contributed by atoms with Gasteiger partial charge >= 0.3 is 94.5 Å². The fourth-order valence-corrected chi connectivity index (χ4v) is 1.90. The van der Waals surface area contributed by atoms with E-state index in [1.807, 2.05) is 0 Å². The van der Waals surface area contributed by atoms with Crippen molar-refractivity contribution < 1.29 is 9.13 Å². The summed E-state index contributed by atoms with van der Waals surface area (Å²) in [5.74, 6) is 0.899. The third-order valence-electron chi connectivity index (χ3n) is 2.77. The third kappa shape index (κ3) is 2.65. The molecular weight excluding hydrogens is 206 g/mol. The van der Waals surface area contributed by atoms with E-state index in [0.717, 1.165) is 19.0 Å². The summed E-state index contributed by atoms with van der Waals surface area (Å²) >= 11 is 0. The van der Waals surface area contributed by atoms with Crippen LogP contribution in [0.4, 0.5) is 4.39 Å². The molecule has 0 aromatic carbocycles. The Hall–Kier alpha value is -1.26. The van der Waals surface area contributed by atoms with Crippen LogP contribution in [0.3, 0.4) is 0 Å². The first-order valence-corrected chi connectivity index (χ1v) is 5.61. The number of ether oxygens (including phenoxy) is 1. The summed E-state index contributed by atoms with van der Waals surface area (Å²) in [6.07, 6.45) is 7.00. The number of rotatable bonds is 3. The van der Waals surface area contributed by atoms with Crippen molar-refractivity contribution in [1.82, 2.24) is 9.97 Å². The van der Waals surface area contributed by atoms with Gasteiger partial charge in [0.1, 0.15) is 0 Å². The van der Waals surface area contributed by atoms with Crippen LogP contribution in [0.5, 0.6) is 6.01 Å². The quantitative estimate of drug-likeness (QED) is 0.721. The number of hydrogen-bond donors (Lipinski definition) is 0. The molecule has 1 fully saturated rings. The molecule has 1 aliphatic carbocycles. The predicted octanol–water partition coefficient (Wildman–Crippen LogP) is 1.38. The number of hydrogen-bond acceptors (Lipinski definition) is 3. The number of aromatic nitrogens is 2. The monoisotopic (exact) mass is 220 g/mol. The summed E-state index contributed by atoms with van der Waals surface area (Å²) in [6, 6.07) is 0.253. The Morgan fingerprint density at radius 2 is 2.12 bits per heavy atom. The molecule has 5 heteroatoms.